The predicted molar refractivity (Wildman–Crippen MR) is 55.1 cm³/mol. The number of aliphatic carboxylic acids is 1. The molecule has 0 aliphatic heterocycles. The van der Waals surface area contributed by atoms with Gasteiger partial charge in [-0.1, -0.05) is 12.1 Å². The summed E-state index contributed by atoms with van der Waals surface area (Å²) in [6, 6.07) is 5.57. The minimum absolute atomic E-state index is 0.0348. The minimum atomic E-state index is -0.865. The lowest BCUT2D eigenvalue weighted by Gasteiger charge is -1.93. The Morgan fingerprint density at radius 3 is 3.07 bits per heavy atom. The quantitative estimate of drug-likeness (QED) is 0.861. The van der Waals surface area contributed by atoms with E-state index in [1.54, 1.807) is 0 Å². The molecule has 1 aromatic heterocycles. The number of nitrogens with zero attached hydrogens (tertiary/aromatic N) is 1. The Morgan fingerprint density at radius 2 is 2.36 bits per heavy atom. The fourth-order valence-corrected chi connectivity index (χ4v) is 1.80. The maximum absolute atomic E-state index is 10.5. The third-order valence-electron chi connectivity index (χ3n) is 1.94. The number of carbonyl (C=O) groups is 1. The third kappa shape index (κ3) is 1.50. The van der Waals surface area contributed by atoms with Crippen LogP contribution in [0.4, 0.5) is 0 Å². The van der Waals surface area contributed by atoms with Crippen molar-refractivity contribution in [3.63, 3.8) is 0 Å². The Hall–Kier alpha value is -1.36. The molecule has 2 aromatic rings. The van der Waals surface area contributed by atoms with Gasteiger partial charge in [0.2, 0.25) is 0 Å². The number of carboxylic acids is 1. The summed E-state index contributed by atoms with van der Waals surface area (Å²) in [5, 5.41) is 16.3. The molecule has 0 saturated carbocycles. The van der Waals surface area contributed by atoms with Gasteiger partial charge < -0.3 is 5.11 Å². The summed E-state index contributed by atoms with van der Waals surface area (Å²) < 4.78 is 0.864. The molecule has 0 atom stereocenters. The van der Waals surface area contributed by atoms with Crippen molar-refractivity contribution in [2.45, 2.75) is 6.42 Å². The maximum atomic E-state index is 10.5. The molecular weight excluding hydrogens is 248 g/mol. The van der Waals surface area contributed by atoms with Crippen LogP contribution in [0.1, 0.15) is 5.69 Å². The van der Waals surface area contributed by atoms with Crippen molar-refractivity contribution in [1.82, 2.24) is 10.2 Å². The van der Waals surface area contributed by atoms with Gasteiger partial charge in [-0.25, -0.2) is 0 Å². The molecule has 0 unspecified atom stereocenters. The number of aromatic amines is 1. The summed E-state index contributed by atoms with van der Waals surface area (Å²) in [5.74, 6) is -0.865. The van der Waals surface area contributed by atoms with Crippen LogP contribution in [-0.2, 0) is 11.2 Å². The summed E-state index contributed by atoms with van der Waals surface area (Å²) in [6.45, 7) is 0. The van der Waals surface area contributed by atoms with E-state index in [2.05, 4.69) is 26.1 Å². The van der Waals surface area contributed by atoms with Gasteiger partial charge in [-0.3, -0.25) is 9.89 Å². The van der Waals surface area contributed by atoms with E-state index in [-0.39, 0.29) is 6.42 Å². The number of rotatable bonds is 2. The molecule has 5 heteroatoms. The molecular formula is C9H7BrN2O2. The number of para-hydroxylation sites is 1. The minimum Gasteiger partial charge on any atom is -0.481 e. The summed E-state index contributed by atoms with van der Waals surface area (Å²) in [7, 11) is 0. The zero-order chi connectivity index (χ0) is 10.1. The number of hydrogen-bond acceptors (Lipinski definition) is 2. The highest BCUT2D eigenvalue weighted by atomic mass is 79.9. The van der Waals surface area contributed by atoms with E-state index >= 15 is 0 Å². The van der Waals surface area contributed by atoms with E-state index in [4.69, 9.17) is 5.11 Å². The average Bonchev–Trinajstić information content (AvgIpc) is 2.49. The second-order valence-corrected chi connectivity index (χ2v) is 3.76. The molecule has 0 aliphatic carbocycles. The van der Waals surface area contributed by atoms with Gasteiger partial charge in [-0.15, -0.1) is 0 Å². The van der Waals surface area contributed by atoms with Gasteiger partial charge in [0.15, 0.2) is 0 Å². The number of benzene rings is 1. The van der Waals surface area contributed by atoms with Crippen molar-refractivity contribution in [3.05, 3.63) is 28.4 Å². The standard InChI is InChI=1S/C9H7BrN2O2/c10-6-3-1-2-5-7(4-8(13)14)11-12-9(5)6/h1-3H,4H2,(H,11,12)(H,13,14). The lowest BCUT2D eigenvalue weighted by molar-refractivity contribution is -0.136. The third-order valence-corrected chi connectivity index (χ3v) is 2.58. The van der Waals surface area contributed by atoms with Crippen LogP contribution in [0.2, 0.25) is 0 Å². The first-order chi connectivity index (χ1) is 6.68. The first kappa shape index (κ1) is 9.21. The maximum Gasteiger partial charge on any atom is 0.309 e. The topological polar surface area (TPSA) is 66.0 Å². The number of carboxylic acid groups (broad SMARTS) is 1. The largest absolute Gasteiger partial charge is 0.481 e. The lowest BCUT2D eigenvalue weighted by Crippen LogP contribution is -2.00. The van der Waals surface area contributed by atoms with Crippen LogP contribution >= 0.6 is 15.9 Å². The van der Waals surface area contributed by atoms with Gasteiger partial charge in [0.25, 0.3) is 0 Å². The number of nitrogens with one attached hydrogen (secondary N) is 1. The monoisotopic (exact) mass is 254 g/mol. The fraction of sp³-hybridized carbons (Fsp3) is 0.111. The van der Waals surface area contributed by atoms with Crippen LogP contribution in [0.15, 0.2) is 22.7 Å². The van der Waals surface area contributed by atoms with Crippen LogP contribution in [-0.4, -0.2) is 21.3 Å². The molecule has 2 rings (SSSR count). The molecule has 0 bridgehead atoms. The number of hydrogen-bond donors (Lipinski definition) is 2. The van der Waals surface area contributed by atoms with Crippen molar-refractivity contribution in [2.24, 2.45) is 0 Å². The summed E-state index contributed by atoms with van der Waals surface area (Å²) in [4.78, 5) is 10.5. The molecule has 0 amide bonds. The SMILES string of the molecule is O=C(O)Cc1[nH]nc2c(Br)cccc12. The highest BCUT2D eigenvalue weighted by Gasteiger charge is 2.09. The molecule has 0 saturated heterocycles. The van der Waals surface area contributed by atoms with E-state index in [1.807, 2.05) is 18.2 Å². The summed E-state index contributed by atoms with van der Waals surface area (Å²) in [6.07, 6.45) is -0.0348. The van der Waals surface area contributed by atoms with Gasteiger partial charge in [0, 0.05) is 9.86 Å². The van der Waals surface area contributed by atoms with E-state index in [0.29, 0.717) is 5.69 Å². The average molecular weight is 255 g/mol. The Balaban J connectivity index is 2.58. The molecule has 4 nitrogen and oxygen atoms in total. The second kappa shape index (κ2) is 3.42. The first-order valence-electron chi connectivity index (χ1n) is 4.02. The number of fused-ring (bicyclic) bond motifs is 1. The van der Waals surface area contributed by atoms with E-state index in [9.17, 15) is 4.79 Å². The molecule has 0 fully saturated rings. The molecule has 1 heterocycles. The van der Waals surface area contributed by atoms with E-state index < -0.39 is 5.97 Å². The highest BCUT2D eigenvalue weighted by molar-refractivity contribution is 9.10. The molecule has 0 aliphatic rings. The predicted octanol–water partition coefficient (Wildman–Crippen LogP) is 1.95. The molecule has 72 valence electrons. The van der Waals surface area contributed by atoms with Crippen LogP contribution < -0.4 is 0 Å². The number of aromatic nitrogens is 2. The Kier molecular flexibility index (Phi) is 2.25. The van der Waals surface area contributed by atoms with Crippen LogP contribution in [0.5, 0.6) is 0 Å². The first-order valence-corrected chi connectivity index (χ1v) is 4.81. The summed E-state index contributed by atoms with van der Waals surface area (Å²) >= 11 is 3.35. The zero-order valence-corrected chi connectivity index (χ0v) is 8.71. The van der Waals surface area contributed by atoms with Gasteiger partial charge in [0.1, 0.15) is 5.52 Å². The number of H-pyrrole nitrogens is 1. The van der Waals surface area contributed by atoms with Gasteiger partial charge >= 0.3 is 5.97 Å². The van der Waals surface area contributed by atoms with Gasteiger partial charge in [-0.2, -0.15) is 5.10 Å². The highest BCUT2D eigenvalue weighted by Crippen LogP contribution is 2.23. The normalized spacial score (nSPS) is 10.6. The molecule has 14 heavy (non-hydrogen) atoms. The van der Waals surface area contributed by atoms with Crippen LogP contribution in [0, 0.1) is 0 Å². The van der Waals surface area contributed by atoms with Crippen molar-refractivity contribution < 1.29 is 9.90 Å². The van der Waals surface area contributed by atoms with E-state index in [1.165, 1.54) is 0 Å². The lowest BCUT2D eigenvalue weighted by atomic mass is 10.2. The van der Waals surface area contributed by atoms with Crippen molar-refractivity contribution in [3.8, 4) is 0 Å². The molecule has 0 radical (unpaired) electrons. The second-order valence-electron chi connectivity index (χ2n) is 2.91. The molecule has 1 aromatic carbocycles. The van der Waals surface area contributed by atoms with Crippen molar-refractivity contribution >= 4 is 32.8 Å². The Morgan fingerprint density at radius 1 is 1.57 bits per heavy atom. The van der Waals surface area contributed by atoms with Crippen LogP contribution in [0.25, 0.3) is 10.9 Å². The number of halogens is 1. The Bertz CT molecular complexity index is 493. The fourth-order valence-electron chi connectivity index (χ4n) is 1.34. The summed E-state index contributed by atoms with van der Waals surface area (Å²) in [5.41, 5.74) is 1.40. The molecule has 2 N–H and O–H groups in total. The molecule has 0 spiro atoms. The zero-order valence-electron chi connectivity index (χ0n) is 7.12. The van der Waals surface area contributed by atoms with Gasteiger partial charge in [-0.05, 0) is 22.0 Å². The van der Waals surface area contributed by atoms with Crippen molar-refractivity contribution in [1.29, 1.82) is 0 Å². The smallest absolute Gasteiger partial charge is 0.309 e. The van der Waals surface area contributed by atoms with Crippen molar-refractivity contribution in [2.75, 3.05) is 0 Å². The van der Waals surface area contributed by atoms with Gasteiger partial charge in [0.05, 0.1) is 12.1 Å². The Labute approximate surface area is 88.1 Å². The van der Waals surface area contributed by atoms with E-state index in [0.717, 1.165) is 15.4 Å². The van der Waals surface area contributed by atoms with Crippen LogP contribution in [0.3, 0.4) is 0 Å².